The average molecular weight is 702 g/mol. The number of hydrogen-bond donors (Lipinski definition) is 3. The molecule has 4 rings (SSSR count). The lowest BCUT2D eigenvalue weighted by atomic mass is 9.76. The minimum Gasteiger partial charge on any atom is -0.478 e. The third-order valence-electron chi connectivity index (χ3n) is 9.17. The largest absolute Gasteiger partial charge is 0.478 e. The summed E-state index contributed by atoms with van der Waals surface area (Å²) in [6.45, 7) is 17.9. The minimum absolute atomic E-state index is 0.0496. The molecule has 2 aliphatic heterocycles. The maximum Gasteiger partial charge on any atom is 0.328 e. The van der Waals surface area contributed by atoms with Crippen LogP contribution in [0.1, 0.15) is 64.7 Å². The van der Waals surface area contributed by atoms with Crippen LogP contribution < -0.4 is 9.64 Å². The third kappa shape index (κ3) is 10.9. The van der Waals surface area contributed by atoms with Crippen molar-refractivity contribution in [2.24, 2.45) is 11.3 Å². The lowest BCUT2D eigenvalue weighted by molar-refractivity contribution is -0.134. The van der Waals surface area contributed by atoms with E-state index < -0.39 is 17.8 Å². The van der Waals surface area contributed by atoms with Gasteiger partial charge in [-0.15, -0.1) is 10.2 Å². The number of likely N-dealkylation sites (N-methyl/N-ethyl adjacent to an activating group) is 1. The number of aromatic nitrogens is 3. The van der Waals surface area contributed by atoms with E-state index in [1.54, 1.807) is 4.90 Å². The molecule has 0 radical (unpaired) electrons. The lowest BCUT2D eigenvalue weighted by Gasteiger charge is -2.53. The summed E-state index contributed by atoms with van der Waals surface area (Å²) in [5, 5.41) is 34.5. The predicted molar refractivity (Wildman–Crippen MR) is 186 cm³/mol. The molecule has 15 heteroatoms. The van der Waals surface area contributed by atoms with E-state index in [1.807, 2.05) is 27.8 Å². The van der Waals surface area contributed by atoms with Crippen LogP contribution in [0.4, 0.5) is 10.2 Å². The minimum atomic E-state index is -1.26. The van der Waals surface area contributed by atoms with Gasteiger partial charge in [-0.25, -0.2) is 19.0 Å². The van der Waals surface area contributed by atoms with E-state index in [0.29, 0.717) is 43.0 Å². The van der Waals surface area contributed by atoms with Gasteiger partial charge in [0.15, 0.2) is 5.82 Å². The number of amides is 1. The van der Waals surface area contributed by atoms with Crippen LogP contribution in [0.5, 0.6) is 11.6 Å². The average Bonchev–Trinajstić information content (AvgIpc) is 3.49. The molecule has 1 spiro atoms. The van der Waals surface area contributed by atoms with E-state index in [9.17, 15) is 23.9 Å². The van der Waals surface area contributed by atoms with Gasteiger partial charge >= 0.3 is 11.9 Å². The molecule has 1 aromatic carbocycles. The Morgan fingerprint density at radius 1 is 1.06 bits per heavy atom. The summed E-state index contributed by atoms with van der Waals surface area (Å²) >= 11 is 0. The molecule has 276 valence electrons. The molecule has 3 heterocycles. The molecule has 2 aliphatic rings. The normalized spacial score (nSPS) is 16.8. The standard InChI is InChI=1S/C31H48FN7O3.C4H4O4/c1-8-36(7)16-24(40)15-26(21(3)4)38-18-31(19-38)12-13-37(17-31)28-29(35-34-20-33-28)42-27-11-10-23(32)14-25(27)30(41)39(9-2)22(5)6;5-3(6)1-2-4(7)8/h10-11,14,20-22,24,26,40H,8-9,12-13,15-19H2,1-7H3;1-2H,(H,5,6)(H,7,8)/b;2-1+/t24-,26-;/m1./s1. The van der Waals surface area contributed by atoms with Crippen molar-refractivity contribution in [2.75, 3.05) is 57.8 Å². The first-order valence-electron chi connectivity index (χ1n) is 17.0. The van der Waals surface area contributed by atoms with E-state index in [2.05, 4.69) is 50.7 Å². The molecule has 2 saturated heterocycles. The number of carboxylic acid groups (broad SMARTS) is 2. The summed E-state index contributed by atoms with van der Waals surface area (Å²) in [7, 11) is 2.04. The number of aliphatic hydroxyl groups excluding tert-OH is 1. The molecule has 0 saturated carbocycles. The zero-order valence-corrected chi connectivity index (χ0v) is 30.1. The molecule has 0 aliphatic carbocycles. The van der Waals surface area contributed by atoms with Gasteiger partial charge in [0.05, 0.1) is 11.7 Å². The molecule has 14 nitrogen and oxygen atoms in total. The number of ether oxygens (including phenoxy) is 1. The van der Waals surface area contributed by atoms with Crippen LogP contribution in [0.3, 0.4) is 0 Å². The first-order chi connectivity index (χ1) is 23.6. The monoisotopic (exact) mass is 701 g/mol. The summed E-state index contributed by atoms with van der Waals surface area (Å²) in [5.41, 5.74) is 0.276. The van der Waals surface area contributed by atoms with E-state index in [-0.39, 0.29) is 40.7 Å². The number of rotatable bonds is 15. The van der Waals surface area contributed by atoms with Crippen LogP contribution in [0.15, 0.2) is 36.7 Å². The number of likely N-dealkylation sites (tertiary alicyclic amines) is 1. The Morgan fingerprint density at radius 2 is 1.72 bits per heavy atom. The Bertz CT molecular complexity index is 1470. The fraction of sp³-hybridized carbons (Fsp3) is 0.600. The van der Waals surface area contributed by atoms with Gasteiger partial charge in [0.1, 0.15) is 17.9 Å². The van der Waals surface area contributed by atoms with Crippen LogP contribution in [0.2, 0.25) is 0 Å². The summed E-state index contributed by atoms with van der Waals surface area (Å²) in [5.74, 6) is -1.90. The maximum absolute atomic E-state index is 14.3. The van der Waals surface area contributed by atoms with Crippen molar-refractivity contribution in [3.05, 3.63) is 48.1 Å². The van der Waals surface area contributed by atoms with Crippen molar-refractivity contribution in [2.45, 2.75) is 72.6 Å². The topological polar surface area (TPSA) is 173 Å². The van der Waals surface area contributed by atoms with Crippen molar-refractivity contribution in [1.82, 2.24) is 29.9 Å². The molecule has 50 heavy (non-hydrogen) atoms. The fourth-order valence-electron chi connectivity index (χ4n) is 6.55. The molecule has 3 N–H and O–H groups in total. The van der Waals surface area contributed by atoms with Crippen LogP contribution in [-0.4, -0.2) is 134 Å². The highest BCUT2D eigenvalue weighted by Crippen LogP contribution is 2.44. The SMILES string of the molecule is CCN(C)C[C@H](O)C[C@H](C(C)C)N1CC2(CCN(c3ncnnc3Oc3ccc(F)cc3C(=O)N(CC)C(C)C)C2)C1.O=C(O)/C=C/C(=O)O. The molecular weight excluding hydrogens is 649 g/mol. The van der Waals surface area contributed by atoms with E-state index in [4.69, 9.17) is 14.9 Å². The number of anilines is 1. The highest BCUT2D eigenvalue weighted by molar-refractivity contribution is 5.97. The number of hydrogen-bond acceptors (Lipinski definition) is 11. The van der Waals surface area contributed by atoms with Gasteiger partial charge in [0.25, 0.3) is 11.8 Å². The molecule has 2 aromatic rings. The first-order valence-corrected chi connectivity index (χ1v) is 17.0. The maximum atomic E-state index is 14.3. The van der Waals surface area contributed by atoms with Gasteiger partial charge in [-0.1, -0.05) is 20.8 Å². The van der Waals surface area contributed by atoms with Gasteiger partial charge in [0, 0.05) is 68.9 Å². The summed E-state index contributed by atoms with van der Waals surface area (Å²) < 4.78 is 20.4. The summed E-state index contributed by atoms with van der Waals surface area (Å²) in [6.07, 6.45) is 3.95. The number of aliphatic hydroxyl groups is 1. The number of carboxylic acids is 2. The zero-order valence-electron chi connectivity index (χ0n) is 30.1. The number of aliphatic carboxylic acids is 2. The second-order valence-corrected chi connectivity index (χ2v) is 13.7. The van der Waals surface area contributed by atoms with Crippen LogP contribution in [-0.2, 0) is 9.59 Å². The smallest absolute Gasteiger partial charge is 0.328 e. The van der Waals surface area contributed by atoms with E-state index in [0.717, 1.165) is 45.6 Å². The predicted octanol–water partition coefficient (Wildman–Crippen LogP) is 3.62. The summed E-state index contributed by atoms with van der Waals surface area (Å²) in [6, 6.07) is 4.22. The Labute approximate surface area is 293 Å². The van der Waals surface area contributed by atoms with E-state index in [1.165, 1.54) is 24.5 Å². The Kier molecular flexibility index (Phi) is 14.6. The Balaban J connectivity index is 0.000000753. The molecule has 1 amide bonds. The van der Waals surface area contributed by atoms with Crippen molar-refractivity contribution < 1.29 is 38.8 Å². The zero-order chi connectivity index (χ0) is 37.2. The Hall–Kier alpha value is -4.21. The molecule has 2 fully saturated rings. The van der Waals surface area contributed by atoms with Crippen LogP contribution in [0, 0.1) is 17.2 Å². The van der Waals surface area contributed by atoms with Gasteiger partial charge < -0.3 is 34.8 Å². The van der Waals surface area contributed by atoms with Crippen molar-refractivity contribution in [1.29, 1.82) is 0 Å². The third-order valence-corrected chi connectivity index (χ3v) is 9.17. The molecule has 0 unspecified atom stereocenters. The number of carbonyl (C=O) groups excluding carboxylic acids is 1. The number of carbonyl (C=O) groups is 3. The number of halogens is 1. The highest BCUT2D eigenvalue weighted by atomic mass is 19.1. The van der Waals surface area contributed by atoms with Crippen LogP contribution >= 0.6 is 0 Å². The van der Waals surface area contributed by atoms with Crippen molar-refractivity contribution in [3.8, 4) is 11.6 Å². The van der Waals surface area contributed by atoms with Gasteiger partial charge in [0.2, 0.25) is 0 Å². The van der Waals surface area contributed by atoms with Gasteiger partial charge in [-0.05, 0) is 71.3 Å². The number of nitrogens with zero attached hydrogens (tertiary/aromatic N) is 7. The molecule has 1 aromatic heterocycles. The van der Waals surface area contributed by atoms with Gasteiger partial charge in [-0.2, -0.15) is 0 Å². The van der Waals surface area contributed by atoms with Crippen molar-refractivity contribution >= 4 is 23.7 Å². The Morgan fingerprint density at radius 3 is 2.28 bits per heavy atom. The second-order valence-electron chi connectivity index (χ2n) is 13.7. The lowest BCUT2D eigenvalue weighted by Crippen LogP contribution is -2.62. The second kappa shape index (κ2) is 18.2. The van der Waals surface area contributed by atoms with Gasteiger partial charge in [-0.3, -0.25) is 9.69 Å². The molecule has 2 atom stereocenters. The van der Waals surface area contributed by atoms with Crippen LogP contribution in [0.25, 0.3) is 0 Å². The molecular formula is C35H52FN7O7. The fourth-order valence-corrected chi connectivity index (χ4v) is 6.55. The van der Waals surface area contributed by atoms with E-state index >= 15 is 0 Å². The summed E-state index contributed by atoms with van der Waals surface area (Å²) in [4.78, 5) is 45.4. The molecule has 0 bridgehead atoms. The quantitative estimate of drug-likeness (QED) is 0.230. The number of benzene rings is 1. The first kappa shape index (κ1) is 40.2. The van der Waals surface area contributed by atoms with Crippen molar-refractivity contribution in [3.63, 3.8) is 0 Å². The highest BCUT2D eigenvalue weighted by Gasteiger charge is 2.50.